The molecule has 2 heteroatoms. The van der Waals surface area contributed by atoms with E-state index < -0.39 is 5.97 Å². The van der Waals surface area contributed by atoms with Gasteiger partial charge in [0, 0.05) is 6.42 Å². The molecule has 0 aromatic rings. The minimum atomic E-state index is -0.666. The van der Waals surface area contributed by atoms with E-state index in [-0.39, 0.29) is 0 Å². The molecule has 0 saturated carbocycles. The van der Waals surface area contributed by atoms with Gasteiger partial charge in [0.25, 0.3) is 0 Å². The van der Waals surface area contributed by atoms with Crippen molar-refractivity contribution in [2.45, 2.75) is 136 Å². The summed E-state index contributed by atoms with van der Waals surface area (Å²) in [4.78, 5) is 10.1. The SMILES string of the molecule is CCCCCCCCC(=O)O.CCCCCCCCCCCCC. The van der Waals surface area contributed by atoms with Crippen molar-refractivity contribution in [2.75, 3.05) is 0 Å². The first-order valence-electron chi connectivity index (χ1n) is 10.9. The van der Waals surface area contributed by atoms with E-state index in [1.165, 1.54) is 96.3 Å². The van der Waals surface area contributed by atoms with E-state index in [1.54, 1.807) is 0 Å². The lowest BCUT2D eigenvalue weighted by Crippen LogP contribution is -1.93. The molecule has 0 aliphatic rings. The molecule has 0 rings (SSSR count). The van der Waals surface area contributed by atoms with Gasteiger partial charge in [0.05, 0.1) is 0 Å². The third kappa shape index (κ3) is 29.5. The maximum atomic E-state index is 10.1. The number of rotatable bonds is 17. The summed E-state index contributed by atoms with van der Waals surface area (Å²) >= 11 is 0. The normalized spacial score (nSPS) is 10.3. The highest BCUT2D eigenvalue weighted by molar-refractivity contribution is 5.66. The van der Waals surface area contributed by atoms with Crippen LogP contribution in [0, 0.1) is 0 Å². The molecule has 0 aliphatic heterocycles. The molecule has 0 aliphatic carbocycles. The van der Waals surface area contributed by atoms with Crippen LogP contribution in [0.15, 0.2) is 0 Å². The Morgan fingerprint density at radius 3 is 1.00 bits per heavy atom. The Morgan fingerprint density at radius 2 is 0.750 bits per heavy atom. The predicted molar refractivity (Wildman–Crippen MR) is 108 cm³/mol. The van der Waals surface area contributed by atoms with Crippen LogP contribution >= 0.6 is 0 Å². The van der Waals surface area contributed by atoms with Gasteiger partial charge in [0.2, 0.25) is 0 Å². The highest BCUT2D eigenvalue weighted by Gasteiger charge is 1.95. The molecule has 1 N–H and O–H groups in total. The number of unbranched alkanes of at least 4 members (excludes halogenated alkanes) is 15. The van der Waals surface area contributed by atoms with Crippen LogP contribution in [0.2, 0.25) is 0 Å². The summed E-state index contributed by atoms with van der Waals surface area (Å²) in [5, 5.41) is 8.32. The zero-order valence-corrected chi connectivity index (χ0v) is 17.1. The molecule has 0 aromatic heterocycles. The van der Waals surface area contributed by atoms with Crippen LogP contribution in [0.4, 0.5) is 0 Å². The Morgan fingerprint density at radius 1 is 0.500 bits per heavy atom. The summed E-state index contributed by atoms with van der Waals surface area (Å²) in [6, 6.07) is 0. The van der Waals surface area contributed by atoms with Crippen molar-refractivity contribution < 1.29 is 9.90 Å². The minimum Gasteiger partial charge on any atom is -0.481 e. The highest BCUT2D eigenvalue weighted by Crippen LogP contribution is 2.10. The molecule has 0 heterocycles. The molecular weight excluding hydrogens is 296 g/mol. The third-order valence-corrected chi connectivity index (χ3v) is 4.45. The Balaban J connectivity index is 0. The van der Waals surface area contributed by atoms with Gasteiger partial charge in [0.1, 0.15) is 0 Å². The van der Waals surface area contributed by atoms with Crippen LogP contribution in [-0.4, -0.2) is 11.1 Å². The van der Waals surface area contributed by atoms with E-state index in [1.807, 2.05) is 0 Å². The van der Waals surface area contributed by atoms with Crippen molar-refractivity contribution in [1.29, 1.82) is 0 Å². The fraction of sp³-hybridized carbons (Fsp3) is 0.955. The van der Waals surface area contributed by atoms with E-state index in [2.05, 4.69) is 20.8 Å². The van der Waals surface area contributed by atoms with Crippen molar-refractivity contribution >= 4 is 5.97 Å². The Bertz CT molecular complexity index is 216. The first-order valence-corrected chi connectivity index (χ1v) is 10.9. The molecule has 0 bridgehead atoms. The van der Waals surface area contributed by atoms with Crippen molar-refractivity contribution in [2.24, 2.45) is 0 Å². The average molecular weight is 343 g/mol. The summed E-state index contributed by atoms with van der Waals surface area (Å²) in [5.41, 5.74) is 0. The monoisotopic (exact) mass is 342 g/mol. The molecule has 0 unspecified atom stereocenters. The summed E-state index contributed by atoms with van der Waals surface area (Å²) in [5.74, 6) is -0.666. The Hall–Kier alpha value is -0.530. The van der Waals surface area contributed by atoms with E-state index >= 15 is 0 Å². The number of carboxylic acid groups (broad SMARTS) is 1. The molecule has 146 valence electrons. The van der Waals surface area contributed by atoms with Gasteiger partial charge in [-0.25, -0.2) is 0 Å². The second kappa shape index (κ2) is 24.7. The lowest BCUT2D eigenvalue weighted by Gasteiger charge is -2.00. The molecule has 0 saturated heterocycles. The summed E-state index contributed by atoms with van der Waals surface area (Å²) < 4.78 is 0. The quantitative estimate of drug-likeness (QED) is 0.271. The predicted octanol–water partition coefficient (Wildman–Crippen LogP) is 8.14. The molecule has 24 heavy (non-hydrogen) atoms. The largest absolute Gasteiger partial charge is 0.481 e. The zero-order valence-electron chi connectivity index (χ0n) is 17.1. The molecular formula is C22H46O2. The number of carbonyl (C=O) groups is 1. The van der Waals surface area contributed by atoms with Crippen molar-refractivity contribution in [3.8, 4) is 0 Å². The van der Waals surface area contributed by atoms with Gasteiger partial charge in [-0.2, -0.15) is 0 Å². The Labute approximate surface area is 152 Å². The van der Waals surface area contributed by atoms with Gasteiger partial charge >= 0.3 is 5.97 Å². The van der Waals surface area contributed by atoms with Gasteiger partial charge < -0.3 is 5.11 Å². The van der Waals surface area contributed by atoms with Gasteiger partial charge in [-0.15, -0.1) is 0 Å². The van der Waals surface area contributed by atoms with Crippen molar-refractivity contribution in [3.63, 3.8) is 0 Å². The fourth-order valence-corrected chi connectivity index (χ4v) is 2.79. The van der Waals surface area contributed by atoms with Crippen LogP contribution in [-0.2, 0) is 4.79 Å². The lowest BCUT2D eigenvalue weighted by atomic mass is 10.1. The van der Waals surface area contributed by atoms with E-state index in [0.29, 0.717) is 6.42 Å². The molecule has 0 atom stereocenters. The zero-order chi connectivity index (χ0) is 18.3. The average Bonchev–Trinajstić information content (AvgIpc) is 2.57. The van der Waals surface area contributed by atoms with E-state index in [9.17, 15) is 4.79 Å². The maximum absolute atomic E-state index is 10.1. The van der Waals surface area contributed by atoms with Crippen LogP contribution in [0.25, 0.3) is 0 Å². The number of hydrogen-bond acceptors (Lipinski definition) is 1. The summed E-state index contributed by atoms with van der Waals surface area (Å²) in [6.45, 7) is 6.74. The summed E-state index contributed by atoms with van der Waals surface area (Å²) in [6.07, 6.45) is 23.2. The topological polar surface area (TPSA) is 37.3 Å². The smallest absolute Gasteiger partial charge is 0.303 e. The summed E-state index contributed by atoms with van der Waals surface area (Å²) in [7, 11) is 0. The maximum Gasteiger partial charge on any atom is 0.303 e. The number of aliphatic carboxylic acids is 1. The minimum absolute atomic E-state index is 0.339. The van der Waals surface area contributed by atoms with Crippen molar-refractivity contribution in [3.05, 3.63) is 0 Å². The number of hydrogen-bond donors (Lipinski definition) is 1. The van der Waals surface area contributed by atoms with E-state index in [0.717, 1.165) is 12.8 Å². The highest BCUT2D eigenvalue weighted by atomic mass is 16.4. The fourth-order valence-electron chi connectivity index (χ4n) is 2.79. The molecule has 0 spiro atoms. The van der Waals surface area contributed by atoms with E-state index in [4.69, 9.17) is 5.11 Å². The van der Waals surface area contributed by atoms with Gasteiger partial charge in [-0.3, -0.25) is 4.79 Å². The van der Waals surface area contributed by atoms with Gasteiger partial charge in [-0.1, -0.05) is 124 Å². The lowest BCUT2D eigenvalue weighted by molar-refractivity contribution is -0.137. The standard InChI is InChI=1S/C13H28.C9H18O2/c1-3-5-7-9-11-13-12-10-8-6-4-2;1-2-3-4-5-6-7-8-9(10)11/h3-13H2,1-2H3;2-8H2,1H3,(H,10,11). The van der Waals surface area contributed by atoms with Crippen molar-refractivity contribution in [1.82, 2.24) is 0 Å². The van der Waals surface area contributed by atoms with Crippen LogP contribution < -0.4 is 0 Å². The Kier molecular flexibility index (Phi) is 26.5. The third-order valence-electron chi connectivity index (χ3n) is 4.45. The molecule has 2 nitrogen and oxygen atoms in total. The van der Waals surface area contributed by atoms with Crippen LogP contribution in [0.1, 0.15) is 136 Å². The number of carboxylic acids is 1. The first-order chi connectivity index (χ1) is 11.7. The molecule has 0 radical (unpaired) electrons. The first kappa shape index (κ1) is 25.7. The van der Waals surface area contributed by atoms with Gasteiger partial charge in [-0.05, 0) is 6.42 Å². The molecule has 0 aromatic carbocycles. The van der Waals surface area contributed by atoms with Crippen LogP contribution in [0.3, 0.4) is 0 Å². The molecule has 0 fully saturated rings. The second-order valence-corrected chi connectivity index (χ2v) is 7.09. The van der Waals surface area contributed by atoms with Gasteiger partial charge in [0.15, 0.2) is 0 Å². The van der Waals surface area contributed by atoms with Crippen LogP contribution in [0.5, 0.6) is 0 Å². The molecule has 0 amide bonds. The second-order valence-electron chi connectivity index (χ2n) is 7.09.